The number of nitrogens with one attached hydrogen (secondary N) is 1. The highest BCUT2D eigenvalue weighted by molar-refractivity contribution is 7.89. The van der Waals surface area contributed by atoms with Gasteiger partial charge in [-0.05, 0) is 38.1 Å². The van der Waals surface area contributed by atoms with Gasteiger partial charge in [0.2, 0.25) is 10.0 Å². The molecule has 2 fully saturated rings. The summed E-state index contributed by atoms with van der Waals surface area (Å²) in [7, 11) is -1.60. The number of nitrogens with zero attached hydrogens (tertiary/aromatic N) is 3. The summed E-state index contributed by atoms with van der Waals surface area (Å²) in [4.78, 5) is 19.0. The minimum Gasteiger partial charge on any atom is -0.368 e. The molecule has 1 aromatic rings. The Labute approximate surface area is 156 Å². The fraction of sp³-hybridized carbons (Fsp3) is 0.611. The van der Waals surface area contributed by atoms with Gasteiger partial charge in [0.05, 0.1) is 5.69 Å². The molecule has 26 heavy (non-hydrogen) atoms. The van der Waals surface area contributed by atoms with Crippen LogP contribution in [0.1, 0.15) is 30.1 Å². The number of rotatable bonds is 5. The number of likely N-dealkylation sites (N-methyl/N-ethyl adjacent to an activating group) is 1. The van der Waals surface area contributed by atoms with Gasteiger partial charge in [0.25, 0.3) is 5.91 Å². The van der Waals surface area contributed by atoms with Crippen LogP contribution in [0.25, 0.3) is 0 Å². The van der Waals surface area contributed by atoms with Crippen LogP contribution in [-0.4, -0.2) is 77.0 Å². The van der Waals surface area contributed by atoms with Crippen molar-refractivity contribution in [2.75, 3.05) is 57.8 Å². The van der Waals surface area contributed by atoms with Crippen LogP contribution < -0.4 is 9.62 Å². The summed E-state index contributed by atoms with van der Waals surface area (Å²) in [5.74, 6) is -0.0830. The largest absolute Gasteiger partial charge is 0.368 e. The van der Waals surface area contributed by atoms with Crippen molar-refractivity contribution >= 4 is 21.6 Å². The minimum absolute atomic E-state index is 0.0830. The van der Waals surface area contributed by atoms with E-state index in [1.165, 1.54) is 0 Å². The Balaban J connectivity index is 1.97. The van der Waals surface area contributed by atoms with E-state index in [1.54, 1.807) is 30.0 Å². The van der Waals surface area contributed by atoms with E-state index in [0.717, 1.165) is 52.1 Å². The van der Waals surface area contributed by atoms with Crippen molar-refractivity contribution in [3.63, 3.8) is 0 Å². The number of anilines is 1. The Morgan fingerprint density at radius 2 is 1.73 bits per heavy atom. The molecule has 1 aromatic carbocycles. The predicted molar refractivity (Wildman–Crippen MR) is 102 cm³/mol. The first kappa shape index (κ1) is 19.1. The second kappa shape index (κ2) is 7.94. The third kappa shape index (κ3) is 4.02. The van der Waals surface area contributed by atoms with E-state index in [-0.39, 0.29) is 10.8 Å². The smallest absolute Gasteiger partial charge is 0.253 e. The first-order chi connectivity index (χ1) is 12.4. The van der Waals surface area contributed by atoms with E-state index in [4.69, 9.17) is 0 Å². The fourth-order valence-electron chi connectivity index (χ4n) is 3.54. The second-order valence-corrected chi connectivity index (χ2v) is 8.71. The Morgan fingerprint density at radius 1 is 1.08 bits per heavy atom. The first-order valence-electron chi connectivity index (χ1n) is 9.29. The van der Waals surface area contributed by atoms with Crippen molar-refractivity contribution in [1.82, 2.24) is 14.5 Å². The maximum Gasteiger partial charge on any atom is 0.253 e. The summed E-state index contributed by atoms with van der Waals surface area (Å²) >= 11 is 0. The quantitative estimate of drug-likeness (QED) is 0.824. The van der Waals surface area contributed by atoms with E-state index < -0.39 is 10.0 Å². The molecule has 2 heterocycles. The van der Waals surface area contributed by atoms with Crippen molar-refractivity contribution in [1.29, 1.82) is 0 Å². The van der Waals surface area contributed by atoms with E-state index in [2.05, 4.69) is 21.6 Å². The SMILES string of the molecule is CCNS(=O)(=O)c1cc(C(=O)N2CCCC2)ccc1N1CCN(C)CC1. The molecule has 0 aliphatic carbocycles. The van der Waals surface area contributed by atoms with Crippen LogP contribution in [0.4, 0.5) is 5.69 Å². The van der Waals surface area contributed by atoms with Crippen LogP contribution in [-0.2, 0) is 10.0 Å². The average molecular weight is 381 g/mol. The Bertz CT molecular complexity index is 752. The zero-order valence-corrected chi connectivity index (χ0v) is 16.4. The van der Waals surface area contributed by atoms with Crippen LogP contribution in [0.15, 0.2) is 23.1 Å². The van der Waals surface area contributed by atoms with Gasteiger partial charge in [-0.2, -0.15) is 0 Å². The lowest BCUT2D eigenvalue weighted by atomic mass is 10.1. The molecule has 2 aliphatic heterocycles. The summed E-state index contributed by atoms with van der Waals surface area (Å²) < 4.78 is 28.1. The van der Waals surface area contributed by atoms with E-state index in [9.17, 15) is 13.2 Å². The Morgan fingerprint density at radius 3 is 2.35 bits per heavy atom. The highest BCUT2D eigenvalue weighted by Crippen LogP contribution is 2.28. The number of hydrogen-bond donors (Lipinski definition) is 1. The monoisotopic (exact) mass is 380 g/mol. The van der Waals surface area contributed by atoms with E-state index >= 15 is 0 Å². The molecule has 0 bridgehead atoms. The lowest BCUT2D eigenvalue weighted by molar-refractivity contribution is 0.0792. The molecule has 0 atom stereocenters. The normalized spacial score (nSPS) is 19.2. The number of piperazine rings is 1. The molecular weight excluding hydrogens is 352 g/mol. The molecule has 0 spiro atoms. The fourth-order valence-corrected chi connectivity index (χ4v) is 4.83. The van der Waals surface area contributed by atoms with Gasteiger partial charge in [0.1, 0.15) is 4.90 Å². The molecule has 3 rings (SSSR count). The zero-order chi connectivity index (χ0) is 18.7. The molecule has 1 N–H and O–H groups in total. The van der Waals surface area contributed by atoms with Gasteiger partial charge in [0, 0.05) is 51.4 Å². The molecule has 2 aliphatic rings. The zero-order valence-electron chi connectivity index (χ0n) is 15.6. The van der Waals surface area contributed by atoms with Crippen LogP contribution >= 0.6 is 0 Å². The molecule has 144 valence electrons. The van der Waals surface area contributed by atoms with Gasteiger partial charge in [-0.3, -0.25) is 4.79 Å². The lowest BCUT2D eigenvalue weighted by Crippen LogP contribution is -2.45. The van der Waals surface area contributed by atoms with Gasteiger partial charge >= 0.3 is 0 Å². The van der Waals surface area contributed by atoms with E-state index in [1.807, 2.05) is 0 Å². The Kier molecular flexibility index (Phi) is 5.84. The summed E-state index contributed by atoms with van der Waals surface area (Å²) in [6.45, 7) is 6.86. The highest BCUT2D eigenvalue weighted by Gasteiger charge is 2.27. The van der Waals surface area contributed by atoms with Crippen molar-refractivity contribution in [3.8, 4) is 0 Å². The first-order valence-corrected chi connectivity index (χ1v) is 10.8. The van der Waals surface area contributed by atoms with Crippen LogP contribution in [0.2, 0.25) is 0 Å². The van der Waals surface area contributed by atoms with Crippen LogP contribution in [0.3, 0.4) is 0 Å². The van der Waals surface area contributed by atoms with Crippen molar-refractivity contribution < 1.29 is 13.2 Å². The number of sulfonamides is 1. The number of carbonyl (C=O) groups excluding carboxylic acids is 1. The number of likely N-dealkylation sites (tertiary alicyclic amines) is 1. The van der Waals surface area contributed by atoms with Crippen molar-refractivity contribution in [2.24, 2.45) is 0 Å². The molecule has 0 saturated carbocycles. The van der Waals surface area contributed by atoms with Crippen LogP contribution in [0.5, 0.6) is 0 Å². The number of benzene rings is 1. The molecule has 7 nitrogen and oxygen atoms in total. The third-order valence-electron chi connectivity index (χ3n) is 5.07. The predicted octanol–water partition coefficient (Wildman–Crippen LogP) is 0.973. The highest BCUT2D eigenvalue weighted by atomic mass is 32.2. The topological polar surface area (TPSA) is 73.0 Å². The molecule has 1 amide bonds. The summed E-state index contributed by atoms with van der Waals surface area (Å²) in [5, 5.41) is 0. The molecule has 8 heteroatoms. The third-order valence-corrected chi connectivity index (χ3v) is 6.64. The standard InChI is InChI=1S/C18H28N4O3S/c1-3-19-26(24,25)17-14-15(18(23)22-8-4-5-9-22)6-7-16(17)21-12-10-20(2)11-13-21/h6-7,14,19H,3-5,8-13H2,1-2H3. The van der Waals surface area contributed by atoms with Gasteiger partial charge in [0.15, 0.2) is 0 Å². The number of hydrogen-bond acceptors (Lipinski definition) is 5. The van der Waals surface area contributed by atoms with Crippen LogP contribution in [0, 0.1) is 0 Å². The summed E-state index contributed by atoms with van der Waals surface area (Å²) in [5.41, 5.74) is 1.12. The average Bonchev–Trinajstić information content (AvgIpc) is 3.16. The minimum atomic E-state index is -3.66. The van der Waals surface area contributed by atoms with Crippen molar-refractivity contribution in [2.45, 2.75) is 24.7 Å². The van der Waals surface area contributed by atoms with E-state index in [0.29, 0.717) is 17.8 Å². The van der Waals surface area contributed by atoms with Gasteiger partial charge in [-0.1, -0.05) is 6.92 Å². The lowest BCUT2D eigenvalue weighted by Gasteiger charge is -2.35. The summed E-state index contributed by atoms with van der Waals surface area (Å²) in [6.07, 6.45) is 2.02. The molecule has 0 aromatic heterocycles. The van der Waals surface area contributed by atoms with Gasteiger partial charge < -0.3 is 14.7 Å². The maximum absolute atomic E-state index is 12.8. The van der Waals surface area contributed by atoms with Gasteiger partial charge in [-0.15, -0.1) is 0 Å². The van der Waals surface area contributed by atoms with Crippen molar-refractivity contribution in [3.05, 3.63) is 23.8 Å². The number of amides is 1. The second-order valence-electron chi connectivity index (χ2n) is 6.97. The molecule has 0 unspecified atom stereocenters. The maximum atomic E-state index is 12.8. The summed E-state index contributed by atoms with van der Waals surface area (Å²) in [6, 6.07) is 5.10. The van der Waals surface area contributed by atoms with Gasteiger partial charge in [-0.25, -0.2) is 13.1 Å². The molecule has 2 saturated heterocycles. The Hall–Kier alpha value is -1.64. The molecule has 0 radical (unpaired) electrons. The molecular formula is C18H28N4O3S. The number of carbonyl (C=O) groups is 1.